The third-order valence-corrected chi connectivity index (χ3v) is 4.36. The summed E-state index contributed by atoms with van der Waals surface area (Å²) in [6, 6.07) is 25.5. The van der Waals surface area contributed by atoms with Crippen LogP contribution in [-0.4, -0.2) is 23.8 Å². The number of rotatable bonds is 6. The zero-order valence-corrected chi connectivity index (χ0v) is 16.5. The van der Waals surface area contributed by atoms with Crippen molar-refractivity contribution in [1.82, 2.24) is 4.90 Å². The number of carbonyl (C=O) groups is 2. The van der Waals surface area contributed by atoms with Gasteiger partial charge in [0.15, 0.2) is 0 Å². The number of nitriles is 1. The molecule has 0 aliphatic carbocycles. The molecule has 6 nitrogen and oxygen atoms in total. The molecule has 150 valence electrons. The van der Waals surface area contributed by atoms with Crippen molar-refractivity contribution in [3.05, 3.63) is 95.6 Å². The maximum atomic E-state index is 12.4. The summed E-state index contributed by atoms with van der Waals surface area (Å²) in [6.07, 6.45) is 0. The fraction of sp³-hybridized carbons (Fsp3) is 0.125. The molecule has 0 atom stereocenters. The van der Waals surface area contributed by atoms with Gasteiger partial charge in [-0.25, -0.2) is 0 Å². The smallest absolute Gasteiger partial charge is 0.313 e. The van der Waals surface area contributed by atoms with E-state index < -0.39 is 11.8 Å². The second-order valence-corrected chi connectivity index (χ2v) is 6.73. The van der Waals surface area contributed by atoms with Crippen LogP contribution in [-0.2, 0) is 22.7 Å². The van der Waals surface area contributed by atoms with Gasteiger partial charge in [0.1, 0.15) is 12.4 Å². The number of benzene rings is 3. The number of nitrogens with one attached hydrogen (secondary N) is 1. The summed E-state index contributed by atoms with van der Waals surface area (Å²) in [5, 5.41) is 11.6. The Morgan fingerprint density at radius 1 is 0.967 bits per heavy atom. The van der Waals surface area contributed by atoms with Crippen molar-refractivity contribution in [2.24, 2.45) is 0 Å². The van der Waals surface area contributed by atoms with Gasteiger partial charge in [-0.2, -0.15) is 5.26 Å². The van der Waals surface area contributed by atoms with E-state index in [0.29, 0.717) is 23.5 Å². The number of amides is 2. The lowest BCUT2D eigenvalue weighted by atomic mass is 10.1. The summed E-state index contributed by atoms with van der Waals surface area (Å²) in [4.78, 5) is 26.1. The van der Waals surface area contributed by atoms with Crippen LogP contribution in [0.3, 0.4) is 0 Å². The van der Waals surface area contributed by atoms with Crippen LogP contribution in [0.4, 0.5) is 5.69 Å². The highest BCUT2D eigenvalue weighted by Crippen LogP contribution is 2.19. The maximum Gasteiger partial charge on any atom is 0.313 e. The minimum absolute atomic E-state index is 0.283. The zero-order valence-electron chi connectivity index (χ0n) is 16.5. The predicted molar refractivity (Wildman–Crippen MR) is 113 cm³/mol. The van der Waals surface area contributed by atoms with E-state index in [9.17, 15) is 9.59 Å². The lowest BCUT2D eigenvalue weighted by molar-refractivity contribution is -0.142. The van der Waals surface area contributed by atoms with E-state index in [1.807, 2.05) is 36.4 Å². The van der Waals surface area contributed by atoms with Gasteiger partial charge < -0.3 is 15.0 Å². The second-order valence-electron chi connectivity index (χ2n) is 6.73. The molecule has 2 amide bonds. The van der Waals surface area contributed by atoms with Crippen LogP contribution in [0, 0.1) is 11.3 Å². The minimum Gasteiger partial charge on any atom is -0.489 e. The SMILES string of the molecule is CN(Cc1ccccc1)C(=O)C(=O)Nc1cccc(OCc2cccc(C#N)c2)c1. The lowest BCUT2D eigenvalue weighted by Crippen LogP contribution is -2.36. The molecule has 0 heterocycles. The number of hydrogen-bond acceptors (Lipinski definition) is 4. The summed E-state index contributed by atoms with van der Waals surface area (Å²) >= 11 is 0. The van der Waals surface area contributed by atoms with E-state index in [1.54, 1.807) is 49.5 Å². The predicted octanol–water partition coefficient (Wildman–Crippen LogP) is 3.73. The fourth-order valence-corrected chi connectivity index (χ4v) is 2.85. The van der Waals surface area contributed by atoms with Gasteiger partial charge in [-0.15, -0.1) is 0 Å². The number of ether oxygens (including phenoxy) is 1. The molecular weight excluding hydrogens is 378 g/mol. The third kappa shape index (κ3) is 5.69. The van der Waals surface area contributed by atoms with Crippen molar-refractivity contribution < 1.29 is 14.3 Å². The first kappa shape index (κ1) is 20.6. The number of likely N-dealkylation sites (N-methyl/N-ethyl adjacent to an activating group) is 1. The molecule has 0 bridgehead atoms. The van der Waals surface area contributed by atoms with Crippen LogP contribution in [0.15, 0.2) is 78.9 Å². The molecule has 0 radical (unpaired) electrons. The number of anilines is 1. The normalized spacial score (nSPS) is 10.0. The molecule has 0 fully saturated rings. The summed E-state index contributed by atoms with van der Waals surface area (Å²) < 4.78 is 5.74. The van der Waals surface area contributed by atoms with Crippen LogP contribution in [0.25, 0.3) is 0 Å². The zero-order chi connectivity index (χ0) is 21.3. The Labute approximate surface area is 175 Å². The Balaban J connectivity index is 1.58. The van der Waals surface area contributed by atoms with Gasteiger partial charge in [0.2, 0.25) is 0 Å². The van der Waals surface area contributed by atoms with Gasteiger partial charge in [-0.3, -0.25) is 9.59 Å². The highest BCUT2D eigenvalue weighted by molar-refractivity contribution is 6.39. The van der Waals surface area contributed by atoms with E-state index >= 15 is 0 Å². The molecule has 3 aromatic rings. The first-order valence-electron chi connectivity index (χ1n) is 9.37. The minimum atomic E-state index is -0.715. The molecule has 0 spiro atoms. The second kappa shape index (κ2) is 9.89. The number of carbonyl (C=O) groups excluding carboxylic acids is 2. The summed E-state index contributed by atoms with van der Waals surface area (Å²) in [6.45, 7) is 0.629. The first-order chi connectivity index (χ1) is 14.5. The van der Waals surface area contributed by atoms with Gasteiger partial charge in [0, 0.05) is 25.3 Å². The highest BCUT2D eigenvalue weighted by atomic mass is 16.5. The maximum absolute atomic E-state index is 12.4. The molecule has 1 N–H and O–H groups in total. The molecular formula is C24H21N3O3. The van der Waals surface area contributed by atoms with Crippen molar-refractivity contribution in [1.29, 1.82) is 5.26 Å². The number of hydrogen-bond donors (Lipinski definition) is 1. The summed E-state index contributed by atoms with van der Waals surface area (Å²) in [5.41, 5.74) is 2.83. The van der Waals surface area contributed by atoms with Gasteiger partial charge in [-0.1, -0.05) is 48.5 Å². The Hall–Kier alpha value is -4.11. The van der Waals surface area contributed by atoms with E-state index in [4.69, 9.17) is 10.00 Å². The molecule has 6 heteroatoms. The largest absolute Gasteiger partial charge is 0.489 e. The molecule has 30 heavy (non-hydrogen) atoms. The van der Waals surface area contributed by atoms with Crippen LogP contribution >= 0.6 is 0 Å². The van der Waals surface area contributed by atoms with Crippen molar-refractivity contribution in [2.45, 2.75) is 13.2 Å². The van der Waals surface area contributed by atoms with E-state index in [2.05, 4.69) is 11.4 Å². The Morgan fingerprint density at radius 2 is 1.70 bits per heavy atom. The van der Waals surface area contributed by atoms with Crippen LogP contribution in [0.1, 0.15) is 16.7 Å². The highest BCUT2D eigenvalue weighted by Gasteiger charge is 2.19. The van der Waals surface area contributed by atoms with Crippen LogP contribution in [0.2, 0.25) is 0 Å². The molecule has 0 saturated carbocycles. The average Bonchev–Trinajstić information content (AvgIpc) is 2.78. The molecule has 3 aromatic carbocycles. The summed E-state index contributed by atoms with van der Waals surface area (Å²) in [7, 11) is 1.59. The monoisotopic (exact) mass is 399 g/mol. The molecule has 0 aliphatic rings. The summed E-state index contributed by atoms with van der Waals surface area (Å²) in [5.74, 6) is -0.800. The Bertz CT molecular complexity index is 1070. The van der Waals surface area contributed by atoms with Gasteiger partial charge in [0.25, 0.3) is 0 Å². The van der Waals surface area contributed by atoms with Crippen molar-refractivity contribution >= 4 is 17.5 Å². The first-order valence-corrected chi connectivity index (χ1v) is 9.37. The lowest BCUT2D eigenvalue weighted by Gasteiger charge is -2.17. The average molecular weight is 399 g/mol. The van der Waals surface area contributed by atoms with Crippen molar-refractivity contribution in [3.8, 4) is 11.8 Å². The van der Waals surface area contributed by atoms with Gasteiger partial charge in [0.05, 0.1) is 11.6 Å². The van der Waals surface area contributed by atoms with E-state index in [1.165, 1.54) is 4.90 Å². The quantitative estimate of drug-likeness (QED) is 0.640. The molecule has 3 rings (SSSR count). The standard InChI is InChI=1S/C24H21N3O3/c1-27(16-18-7-3-2-4-8-18)24(29)23(28)26-21-11-6-12-22(14-21)30-17-20-10-5-9-19(13-20)15-25/h2-14H,16-17H2,1H3,(H,26,28). The van der Waals surface area contributed by atoms with Crippen molar-refractivity contribution in [2.75, 3.05) is 12.4 Å². The molecule has 0 saturated heterocycles. The van der Waals surface area contributed by atoms with Crippen LogP contribution < -0.4 is 10.1 Å². The molecule has 0 unspecified atom stereocenters. The van der Waals surface area contributed by atoms with E-state index in [-0.39, 0.29) is 6.61 Å². The van der Waals surface area contributed by atoms with Crippen LogP contribution in [0.5, 0.6) is 5.75 Å². The van der Waals surface area contributed by atoms with Crippen molar-refractivity contribution in [3.63, 3.8) is 0 Å². The molecule has 0 aliphatic heterocycles. The van der Waals surface area contributed by atoms with Gasteiger partial charge >= 0.3 is 11.8 Å². The Kier molecular flexibility index (Phi) is 6.80. The number of nitrogens with zero attached hydrogens (tertiary/aromatic N) is 2. The third-order valence-electron chi connectivity index (χ3n) is 4.36. The van der Waals surface area contributed by atoms with Gasteiger partial charge in [-0.05, 0) is 35.4 Å². The van der Waals surface area contributed by atoms with E-state index in [0.717, 1.165) is 11.1 Å². The Morgan fingerprint density at radius 3 is 2.47 bits per heavy atom. The molecule has 0 aromatic heterocycles. The topological polar surface area (TPSA) is 82.4 Å². The fourth-order valence-electron chi connectivity index (χ4n) is 2.85.